The largest absolute Gasteiger partial charge is 0.493 e. The van der Waals surface area contributed by atoms with Crippen LogP contribution in [0.3, 0.4) is 0 Å². The molecule has 2 aromatic rings. The molecule has 0 saturated carbocycles. The van der Waals surface area contributed by atoms with Crippen molar-refractivity contribution in [1.82, 2.24) is 0 Å². The van der Waals surface area contributed by atoms with Crippen LogP contribution in [0.2, 0.25) is 0 Å². The topological polar surface area (TPSA) is 18.5 Å². The zero-order valence-electron chi connectivity index (χ0n) is 13.7. The van der Waals surface area contributed by atoms with Crippen LogP contribution < -0.4 is 9.47 Å². The standard InChI is InChI=1S/C19H25ClO2/c1-4-17-18-8-7-16(22-13-14(2)3)12-15(18)6-9-19(17)21-11-5-10-20/h6-9,12,14H,4-5,10-11,13H2,1-3H3. The number of hydrogen-bond acceptors (Lipinski definition) is 2. The molecule has 120 valence electrons. The average molecular weight is 321 g/mol. The molecule has 0 heterocycles. The van der Waals surface area contributed by atoms with Crippen molar-refractivity contribution in [2.45, 2.75) is 33.6 Å². The van der Waals surface area contributed by atoms with Crippen LogP contribution in [0.4, 0.5) is 0 Å². The van der Waals surface area contributed by atoms with Crippen LogP contribution in [-0.2, 0) is 6.42 Å². The highest BCUT2D eigenvalue weighted by Crippen LogP contribution is 2.31. The smallest absolute Gasteiger partial charge is 0.123 e. The molecule has 0 fully saturated rings. The highest BCUT2D eigenvalue weighted by atomic mass is 35.5. The molecule has 0 bridgehead atoms. The van der Waals surface area contributed by atoms with Crippen molar-refractivity contribution in [1.29, 1.82) is 0 Å². The molecule has 0 amide bonds. The summed E-state index contributed by atoms with van der Waals surface area (Å²) in [5, 5.41) is 2.44. The molecule has 0 aliphatic heterocycles. The average Bonchev–Trinajstić information content (AvgIpc) is 2.52. The number of ether oxygens (including phenoxy) is 2. The van der Waals surface area contributed by atoms with Gasteiger partial charge in [-0.15, -0.1) is 11.6 Å². The van der Waals surface area contributed by atoms with Gasteiger partial charge < -0.3 is 9.47 Å². The van der Waals surface area contributed by atoms with Gasteiger partial charge in [0.25, 0.3) is 0 Å². The minimum Gasteiger partial charge on any atom is -0.493 e. The summed E-state index contributed by atoms with van der Waals surface area (Å²) in [6.45, 7) is 7.87. The summed E-state index contributed by atoms with van der Waals surface area (Å²) >= 11 is 5.71. The van der Waals surface area contributed by atoms with Gasteiger partial charge in [-0.3, -0.25) is 0 Å². The number of rotatable bonds is 8. The van der Waals surface area contributed by atoms with Gasteiger partial charge >= 0.3 is 0 Å². The monoisotopic (exact) mass is 320 g/mol. The van der Waals surface area contributed by atoms with Gasteiger partial charge in [-0.2, -0.15) is 0 Å². The summed E-state index contributed by atoms with van der Waals surface area (Å²) in [4.78, 5) is 0. The molecule has 2 nitrogen and oxygen atoms in total. The van der Waals surface area contributed by atoms with Crippen LogP contribution in [-0.4, -0.2) is 19.1 Å². The highest BCUT2D eigenvalue weighted by Gasteiger charge is 2.08. The molecule has 0 saturated heterocycles. The van der Waals surface area contributed by atoms with Crippen molar-refractivity contribution >= 4 is 22.4 Å². The van der Waals surface area contributed by atoms with Crippen LogP contribution in [0.5, 0.6) is 11.5 Å². The van der Waals surface area contributed by atoms with Crippen molar-refractivity contribution in [2.75, 3.05) is 19.1 Å². The van der Waals surface area contributed by atoms with E-state index in [0.717, 1.165) is 30.9 Å². The maximum Gasteiger partial charge on any atom is 0.123 e. The molecule has 0 N–H and O–H groups in total. The minimum atomic E-state index is 0.527. The van der Waals surface area contributed by atoms with E-state index in [2.05, 4.69) is 45.0 Å². The third kappa shape index (κ3) is 4.30. The molecule has 0 radical (unpaired) electrons. The lowest BCUT2D eigenvalue weighted by atomic mass is 10.0. The quantitative estimate of drug-likeness (QED) is 0.476. The Kier molecular flexibility index (Phi) is 6.38. The van der Waals surface area contributed by atoms with E-state index in [9.17, 15) is 0 Å². The number of halogens is 1. The minimum absolute atomic E-state index is 0.527. The lowest BCUT2D eigenvalue weighted by Crippen LogP contribution is -2.04. The SMILES string of the molecule is CCc1c(OCCCCl)ccc2cc(OCC(C)C)ccc12. The number of aryl methyl sites for hydroxylation is 1. The van der Waals surface area contributed by atoms with Crippen molar-refractivity contribution in [3.63, 3.8) is 0 Å². The van der Waals surface area contributed by atoms with Crippen LogP contribution in [0.25, 0.3) is 10.8 Å². The van der Waals surface area contributed by atoms with Crippen molar-refractivity contribution in [3.8, 4) is 11.5 Å². The maximum absolute atomic E-state index is 5.87. The number of hydrogen-bond donors (Lipinski definition) is 0. The molecule has 0 aliphatic carbocycles. The predicted octanol–water partition coefficient (Wildman–Crippen LogP) is 5.44. The Morgan fingerprint density at radius 2 is 1.91 bits per heavy atom. The Bertz CT molecular complexity index is 608. The van der Waals surface area contributed by atoms with Crippen LogP contribution >= 0.6 is 11.6 Å². The molecule has 0 atom stereocenters. The van der Waals surface area contributed by atoms with E-state index in [0.29, 0.717) is 18.4 Å². The van der Waals surface area contributed by atoms with Gasteiger partial charge in [0.1, 0.15) is 11.5 Å². The summed E-state index contributed by atoms with van der Waals surface area (Å²) in [7, 11) is 0. The van der Waals surface area contributed by atoms with Crippen molar-refractivity contribution in [2.24, 2.45) is 5.92 Å². The molecule has 0 aliphatic rings. The molecule has 0 unspecified atom stereocenters. The first kappa shape index (κ1) is 17.0. The Hall–Kier alpha value is -1.41. The summed E-state index contributed by atoms with van der Waals surface area (Å²) < 4.78 is 11.7. The zero-order chi connectivity index (χ0) is 15.9. The fourth-order valence-electron chi connectivity index (χ4n) is 2.44. The summed E-state index contributed by atoms with van der Waals surface area (Å²) in [5.74, 6) is 3.06. The second kappa shape index (κ2) is 8.28. The summed E-state index contributed by atoms with van der Waals surface area (Å²) in [6.07, 6.45) is 1.81. The Morgan fingerprint density at radius 1 is 1.09 bits per heavy atom. The van der Waals surface area contributed by atoms with E-state index in [1.165, 1.54) is 16.3 Å². The fourth-order valence-corrected chi connectivity index (χ4v) is 2.55. The van der Waals surface area contributed by atoms with Crippen LogP contribution in [0, 0.1) is 5.92 Å². The molecule has 22 heavy (non-hydrogen) atoms. The number of alkyl halides is 1. The van der Waals surface area contributed by atoms with Crippen molar-refractivity contribution in [3.05, 3.63) is 35.9 Å². The molecule has 0 aromatic heterocycles. The second-order valence-corrected chi connectivity index (χ2v) is 6.25. The Labute approximate surface area is 138 Å². The molecule has 3 heteroatoms. The molecule has 2 aromatic carbocycles. The van der Waals surface area contributed by atoms with E-state index < -0.39 is 0 Å². The van der Waals surface area contributed by atoms with Gasteiger partial charge in [0.05, 0.1) is 13.2 Å². The maximum atomic E-state index is 5.87. The van der Waals surface area contributed by atoms with Gasteiger partial charge in [0, 0.05) is 11.4 Å². The number of benzene rings is 2. The Balaban J connectivity index is 2.26. The summed E-state index contributed by atoms with van der Waals surface area (Å²) in [5.41, 5.74) is 1.25. The zero-order valence-corrected chi connectivity index (χ0v) is 14.5. The fraction of sp³-hybridized carbons (Fsp3) is 0.474. The third-order valence-corrected chi connectivity index (χ3v) is 3.80. The molecular weight excluding hydrogens is 296 g/mol. The molecule has 2 rings (SSSR count). The molecular formula is C19H25ClO2. The lowest BCUT2D eigenvalue weighted by Gasteiger charge is -2.14. The van der Waals surface area contributed by atoms with Gasteiger partial charge in [-0.25, -0.2) is 0 Å². The van der Waals surface area contributed by atoms with Crippen LogP contribution in [0.15, 0.2) is 30.3 Å². The first-order valence-corrected chi connectivity index (χ1v) is 8.56. The van der Waals surface area contributed by atoms with Crippen molar-refractivity contribution < 1.29 is 9.47 Å². The van der Waals surface area contributed by atoms with E-state index >= 15 is 0 Å². The van der Waals surface area contributed by atoms with E-state index in [1.54, 1.807) is 0 Å². The predicted molar refractivity (Wildman–Crippen MR) is 94.5 cm³/mol. The normalized spacial score (nSPS) is 11.1. The van der Waals surface area contributed by atoms with Gasteiger partial charge in [0.15, 0.2) is 0 Å². The first-order valence-electron chi connectivity index (χ1n) is 8.03. The van der Waals surface area contributed by atoms with Gasteiger partial charge in [-0.1, -0.05) is 32.9 Å². The Morgan fingerprint density at radius 3 is 2.59 bits per heavy atom. The van der Waals surface area contributed by atoms with E-state index in [4.69, 9.17) is 21.1 Å². The lowest BCUT2D eigenvalue weighted by molar-refractivity contribution is 0.271. The van der Waals surface area contributed by atoms with Gasteiger partial charge in [0.2, 0.25) is 0 Å². The van der Waals surface area contributed by atoms with E-state index in [-0.39, 0.29) is 0 Å². The highest BCUT2D eigenvalue weighted by molar-refractivity contribution is 6.17. The summed E-state index contributed by atoms with van der Waals surface area (Å²) in [6, 6.07) is 10.5. The number of fused-ring (bicyclic) bond motifs is 1. The molecule has 0 spiro atoms. The van der Waals surface area contributed by atoms with Crippen LogP contribution in [0.1, 0.15) is 32.8 Å². The van der Waals surface area contributed by atoms with E-state index in [1.807, 2.05) is 6.07 Å². The first-order chi connectivity index (χ1) is 10.7. The third-order valence-electron chi connectivity index (χ3n) is 3.53. The second-order valence-electron chi connectivity index (χ2n) is 5.87. The van der Waals surface area contributed by atoms with Gasteiger partial charge in [-0.05, 0) is 47.7 Å².